The summed E-state index contributed by atoms with van der Waals surface area (Å²) in [4.78, 5) is 13.6. The van der Waals surface area contributed by atoms with Crippen LogP contribution in [0.5, 0.6) is 5.75 Å². The van der Waals surface area contributed by atoms with Gasteiger partial charge in [0.25, 0.3) is 0 Å². The average molecular weight is 356 g/mol. The van der Waals surface area contributed by atoms with Crippen molar-refractivity contribution in [1.29, 1.82) is 0 Å². The topological polar surface area (TPSA) is 64.3 Å². The maximum Gasteiger partial charge on any atom is 0.146 e. The lowest BCUT2D eigenvalue weighted by Gasteiger charge is -2.16. The van der Waals surface area contributed by atoms with E-state index in [0.717, 1.165) is 28.3 Å². The molecule has 3 aromatic rings. The fraction of sp³-hybridized carbons (Fsp3) is 0.368. The second-order valence-electron chi connectivity index (χ2n) is 6.24. The lowest BCUT2D eigenvalue weighted by molar-refractivity contribution is 0.310. The number of benzene rings is 1. The van der Waals surface area contributed by atoms with E-state index in [1.54, 1.807) is 11.3 Å². The first-order valence-corrected chi connectivity index (χ1v) is 9.22. The molecule has 132 valence electrons. The number of fused-ring (bicyclic) bond motifs is 1. The molecular weight excluding hydrogens is 332 g/mol. The number of nitrogens with zero attached hydrogens (tertiary/aromatic N) is 3. The predicted molar refractivity (Wildman–Crippen MR) is 104 cm³/mol. The van der Waals surface area contributed by atoms with Gasteiger partial charge in [-0.15, -0.1) is 11.3 Å². The van der Waals surface area contributed by atoms with E-state index in [1.807, 2.05) is 19.1 Å². The van der Waals surface area contributed by atoms with E-state index in [9.17, 15) is 0 Å². The maximum absolute atomic E-state index is 6.17. The average Bonchev–Trinajstić information content (AvgIpc) is 2.84. The van der Waals surface area contributed by atoms with Gasteiger partial charge >= 0.3 is 0 Å². The summed E-state index contributed by atoms with van der Waals surface area (Å²) in [5, 5.41) is 1.00. The van der Waals surface area contributed by atoms with Gasteiger partial charge in [-0.25, -0.2) is 9.97 Å². The lowest BCUT2D eigenvalue weighted by Crippen LogP contribution is -2.19. The summed E-state index contributed by atoms with van der Waals surface area (Å²) in [6.07, 6.45) is 0. The van der Waals surface area contributed by atoms with Crippen LogP contribution in [-0.2, 0) is 13.1 Å². The minimum atomic E-state index is 0.580. The molecule has 2 aromatic heterocycles. The Labute approximate surface area is 152 Å². The van der Waals surface area contributed by atoms with Crippen LogP contribution in [0.1, 0.15) is 28.8 Å². The third-order valence-electron chi connectivity index (χ3n) is 4.20. The van der Waals surface area contributed by atoms with E-state index < -0.39 is 0 Å². The highest BCUT2D eigenvalue weighted by Gasteiger charge is 2.13. The van der Waals surface area contributed by atoms with Crippen molar-refractivity contribution in [3.05, 3.63) is 46.1 Å². The summed E-state index contributed by atoms with van der Waals surface area (Å²) in [6, 6.07) is 8.19. The van der Waals surface area contributed by atoms with Gasteiger partial charge < -0.3 is 10.5 Å². The van der Waals surface area contributed by atoms with Gasteiger partial charge in [0.15, 0.2) is 0 Å². The van der Waals surface area contributed by atoms with Crippen molar-refractivity contribution in [2.75, 3.05) is 19.4 Å². The molecule has 0 spiro atoms. The fourth-order valence-electron chi connectivity index (χ4n) is 2.86. The molecule has 1 aromatic carbocycles. The summed E-state index contributed by atoms with van der Waals surface area (Å²) in [7, 11) is 2.06. The Hall–Kier alpha value is -2.18. The lowest BCUT2D eigenvalue weighted by atomic mass is 10.2. The van der Waals surface area contributed by atoms with Gasteiger partial charge in [-0.1, -0.05) is 12.1 Å². The van der Waals surface area contributed by atoms with E-state index in [1.165, 1.54) is 16.0 Å². The van der Waals surface area contributed by atoms with Crippen LogP contribution < -0.4 is 10.5 Å². The van der Waals surface area contributed by atoms with Gasteiger partial charge in [0.1, 0.15) is 22.2 Å². The molecule has 0 aliphatic rings. The molecule has 2 heterocycles. The SMILES string of the molecule is CCOc1ccc(CN(C)Cc2nc(N)c3c(C)c(C)sc3n2)cc1. The van der Waals surface area contributed by atoms with Crippen LogP contribution in [0, 0.1) is 13.8 Å². The molecule has 5 nitrogen and oxygen atoms in total. The summed E-state index contributed by atoms with van der Waals surface area (Å²) >= 11 is 1.68. The van der Waals surface area contributed by atoms with Crippen molar-refractivity contribution in [2.24, 2.45) is 0 Å². The zero-order valence-electron chi connectivity index (χ0n) is 15.2. The Morgan fingerprint density at radius 1 is 1.12 bits per heavy atom. The van der Waals surface area contributed by atoms with Gasteiger partial charge in [0.2, 0.25) is 0 Å². The van der Waals surface area contributed by atoms with Crippen LogP contribution in [0.15, 0.2) is 24.3 Å². The Balaban J connectivity index is 1.72. The molecule has 3 rings (SSSR count). The van der Waals surface area contributed by atoms with E-state index in [4.69, 9.17) is 15.5 Å². The first kappa shape index (κ1) is 17.6. The minimum Gasteiger partial charge on any atom is -0.494 e. The molecular formula is C19H24N4OS. The highest BCUT2D eigenvalue weighted by molar-refractivity contribution is 7.18. The molecule has 6 heteroatoms. The van der Waals surface area contributed by atoms with Gasteiger partial charge in [-0.2, -0.15) is 0 Å². The molecule has 2 N–H and O–H groups in total. The van der Waals surface area contributed by atoms with E-state index >= 15 is 0 Å². The second-order valence-corrected chi connectivity index (χ2v) is 7.44. The Morgan fingerprint density at radius 2 is 1.84 bits per heavy atom. The summed E-state index contributed by atoms with van der Waals surface area (Å²) in [6.45, 7) is 8.31. The minimum absolute atomic E-state index is 0.580. The zero-order valence-corrected chi connectivity index (χ0v) is 16.0. The molecule has 0 saturated heterocycles. The van der Waals surface area contributed by atoms with Crippen LogP contribution in [0.25, 0.3) is 10.2 Å². The van der Waals surface area contributed by atoms with Crippen molar-refractivity contribution in [1.82, 2.24) is 14.9 Å². The van der Waals surface area contributed by atoms with Crippen molar-refractivity contribution < 1.29 is 4.74 Å². The Morgan fingerprint density at radius 3 is 2.52 bits per heavy atom. The largest absolute Gasteiger partial charge is 0.494 e. The third-order valence-corrected chi connectivity index (χ3v) is 5.30. The third kappa shape index (κ3) is 3.91. The molecule has 0 saturated carbocycles. The quantitative estimate of drug-likeness (QED) is 0.725. The number of thiophene rings is 1. The monoisotopic (exact) mass is 356 g/mol. The number of nitrogens with two attached hydrogens (primary N) is 1. The first-order valence-electron chi connectivity index (χ1n) is 8.40. The number of aryl methyl sites for hydroxylation is 2. The maximum atomic E-state index is 6.17. The van der Waals surface area contributed by atoms with Gasteiger partial charge in [-0.05, 0) is 51.1 Å². The van der Waals surface area contributed by atoms with Gasteiger partial charge in [0, 0.05) is 11.4 Å². The smallest absolute Gasteiger partial charge is 0.146 e. The van der Waals surface area contributed by atoms with Crippen LogP contribution >= 0.6 is 11.3 Å². The molecule has 0 bridgehead atoms. The number of hydrogen-bond acceptors (Lipinski definition) is 6. The molecule has 0 amide bonds. The van der Waals surface area contributed by atoms with Crippen molar-refractivity contribution in [3.63, 3.8) is 0 Å². The Bertz CT molecular complexity index is 873. The normalized spacial score (nSPS) is 11.4. The summed E-state index contributed by atoms with van der Waals surface area (Å²) < 4.78 is 5.48. The van der Waals surface area contributed by atoms with E-state index in [0.29, 0.717) is 19.0 Å². The molecule has 0 radical (unpaired) electrons. The van der Waals surface area contributed by atoms with Gasteiger partial charge in [-0.3, -0.25) is 4.90 Å². The predicted octanol–water partition coefficient (Wildman–Crippen LogP) is 3.92. The Kier molecular flexibility index (Phi) is 5.20. The molecule has 0 unspecified atom stereocenters. The second kappa shape index (κ2) is 7.37. The van der Waals surface area contributed by atoms with Crippen LogP contribution in [0.3, 0.4) is 0 Å². The summed E-state index contributed by atoms with van der Waals surface area (Å²) in [5.74, 6) is 2.25. The first-order chi connectivity index (χ1) is 12.0. The molecule has 0 fully saturated rings. The van der Waals surface area contributed by atoms with Crippen LogP contribution in [-0.4, -0.2) is 28.5 Å². The summed E-state index contributed by atoms with van der Waals surface area (Å²) in [5.41, 5.74) is 8.58. The van der Waals surface area contributed by atoms with Crippen molar-refractivity contribution in [3.8, 4) is 5.75 Å². The number of ether oxygens (including phenoxy) is 1. The standard InChI is InChI=1S/C19H24N4OS/c1-5-24-15-8-6-14(7-9-15)10-23(4)11-16-21-18(20)17-12(2)13(3)25-19(17)22-16/h6-9H,5,10-11H2,1-4H3,(H2,20,21,22). The molecule has 25 heavy (non-hydrogen) atoms. The number of hydrogen-bond donors (Lipinski definition) is 1. The van der Waals surface area contributed by atoms with Crippen LogP contribution in [0.2, 0.25) is 0 Å². The molecule has 0 aliphatic carbocycles. The zero-order chi connectivity index (χ0) is 18.0. The molecule has 0 aliphatic heterocycles. The fourth-order valence-corrected chi connectivity index (χ4v) is 3.92. The number of anilines is 1. The van der Waals surface area contributed by atoms with Gasteiger partial charge in [0.05, 0.1) is 18.5 Å². The highest BCUT2D eigenvalue weighted by atomic mass is 32.1. The highest BCUT2D eigenvalue weighted by Crippen LogP contribution is 2.31. The van der Waals surface area contributed by atoms with Crippen molar-refractivity contribution >= 4 is 27.4 Å². The number of nitrogen functional groups attached to an aromatic ring is 1. The van der Waals surface area contributed by atoms with E-state index in [-0.39, 0.29) is 0 Å². The van der Waals surface area contributed by atoms with Crippen LogP contribution in [0.4, 0.5) is 5.82 Å². The van der Waals surface area contributed by atoms with Crippen molar-refractivity contribution in [2.45, 2.75) is 33.9 Å². The number of rotatable bonds is 6. The van der Waals surface area contributed by atoms with E-state index in [2.05, 4.69) is 42.9 Å². The molecule has 0 atom stereocenters. The number of aromatic nitrogens is 2.